The Bertz CT molecular complexity index is 1230. The molecule has 2 heterocycles. The number of carbonyl (C=O) groups is 2. The predicted octanol–water partition coefficient (Wildman–Crippen LogP) is 8.66. The van der Waals surface area contributed by atoms with Gasteiger partial charge in [-0.3, -0.25) is 9.59 Å². The van der Waals surface area contributed by atoms with E-state index in [0.717, 1.165) is 67.0 Å². The highest BCUT2D eigenvalue weighted by Crippen LogP contribution is 2.24. The maximum atomic E-state index is 12.5. The molecule has 0 spiro atoms. The second kappa shape index (κ2) is 23.5. The number of unbranched alkanes of at least 4 members (excludes halogenated alkanes) is 4. The molecule has 8 nitrogen and oxygen atoms in total. The summed E-state index contributed by atoms with van der Waals surface area (Å²) in [4.78, 5) is 33.1. The van der Waals surface area contributed by atoms with Crippen LogP contribution in [0.4, 0.5) is 0 Å². The molecule has 0 radical (unpaired) electrons. The van der Waals surface area contributed by atoms with Crippen LogP contribution in [0.25, 0.3) is 22.5 Å². The van der Waals surface area contributed by atoms with Gasteiger partial charge in [0.05, 0.1) is 12.6 Å². The summed E-state index contributed by atoms with van der Waals surface area (Å²) in [7, 11) is 0. The number of hydrogen-bond acceptors (Lipinski definition) is 7. The molecule has 1 unspecified atom stereocenters. The van der Waals surface area contributed by atoms with Crippen molar-refractivity contribution in [2.45, 2.75) is 118 Å². The fraction of sp³-hybridized carbons (Fsp3) is 0.538. The SMILES string of the molecule is CC.CC.CC(C)(C)OC=O.CCCCCCCOc1ccc(-c2cnc(-c3ccc(CC(N)C(=O)N4CCCC4)cc3)nc2)cc1. The van der Waals surface area contributed by atoms with Crippen molar-refractivity contribution in [3.8, 4) is 28.3 Å². The highest BCUT2D eigenvalue weighted by atomic mass is 16.5. The van der Waals surface area contributed by atoms with Crippen LogP contribution in [-0.4, -0.2) is 58.6 Å². The monoisotopic (exact) mass is 648 g/mol. The van der Waals surface area contributed by atoms with Crippen molar-refractivity contribution >= 4 is 12.4 Å². The first-order valence-corrected chi connectivity index (χ1v) is 17.5. The number of rotatable bonds is 13. The fourth-order valence-corrected chi connectivity index (χ4v) is 4.71. The topological polar surface area (TPSA) is 108 Å². The summed E-state index contributed by atoms with van der Waals surface area (Å²) in [5.41, 5.74) is 9.87. The van der Waals surface area contributed by atoms with Crippen LogP contribution in [0.2, 0.25) is 0 Å². The Kier molecular flexibility index (Phi) is 20.6. The molecule has 1 aliphatic heterocycles. The first-order valence-electron chi connectivity index (χ1n) is 17.5. The fourth-order valence-electron chi connectivity index (χ4n) is 4.71. The largest absolute Gasteiger partial charge is 0.494 e. The lowest BCUT2D eigenvalue weighted by atomic mass is 10.0. The molecule has 1 aliphatic rings. The van der Waals surface area contributed by atoms with E-state index in [1.54, 1.807) is 0 Å². The van der Waals surface area contributed by atoms with Gasteiger partial charge in [0.25, 0.3) is 6.47 Å². The van der Waals surface area contributed by atoms with E-state index in [1.165, 1.54) is 25.7 Å². The van der Waals surface area contributed by atoms with Gasteiger partial charge in [0.2, 0.25) is 5.91 Å². The van der Waals surface area contributed by atoms with Crippen molar-refractivity contribution < 1.29 is 19.1 Å². The summed E-state index contributed by atoms with van der Waals surface area (Å²) >= 11 is 0. The molecule has 1 fully saturated rings. The zero-order valence-electron chi connectivity index (χ0n) is 30.3. The molecule has 1 amide bonds. The Balaban J connectivity index is 0.000000879. The first-order chi connectivity index (χ1) is 22.7. The van der Waals surface area contributed by atoms with Gasteiger partial charge in [-0.15, -0.1) is 0 Å². The number of ether oxygens (including phenoxy) is 2. The number of amides is 1. The number of nitrogens with zero attached hydrogens (tertiary/aromatic N) is 3. The van der Waals surface area contributed by atoms with E-state index < -0.39 is 6.04 Å². The highest BCUT2D eigenvalue weighted by molar-refractivity contribution is 5.82. The lowest BCUT2D eigenvalue weighted by Gasteiger charge is -2.20. The summed E-state index contributed by atoms with van der Waals surface area (Å²) in [6.07, 6.45) is 12.6. The number of benzene rings is 2. The number of carbonyl (C=O) groups excluding carboxylic acids is 2. The Labute approximate surface area is 284 Å². The van der Waals surface area contributed by atoms with Crippen molar-refractivity contribution in [1.29, 1.82) is 0 Å². The summed E-state index contributed by atoms with van der Waals surface area (Å²) in [5, 5.41) is 0. The van der Waals surface area contributed by atoms with Crippen LogP contribution < -0.4 is 10.5 Å². The molecule has 260 valence electrons. The van der Waals surface area contributed by atoms with Gasteiger partial charge in [-0.2, -0.15) is 0 Å². The Morgan fingerprint density at radius 3 is 1.91 bits per heavy atom. The van der Waals surface area contributed by atoms with Gasteiger partial charge in [0.15, 0.2) is 5.82 Å². The minimum atomic E-state index is -0.493. The summed E-state index contributed by atoms with van der Waals surface area (Å²) in [5.74, 6) is 1.62. The third kappa shape index (κ3) is 16.1. The molecule has 0 bridgehead atoms. The van der Waals surface area contributed by atoms with E-state index in [0.29, 0.717) is 18.7 Å². The van der Waals surface area contributed by atoms with Crippen LogP contribution in [0.15, 0.2) is 60.9 Å². The molecule has 2 N–H and O–H groups in total. The highest BCUT2D eigenvalue weighted by Gasteiger charge is 2.23. The third-order valence-electron chi connectivity index (χ3n) is 7.16. The van der Waals surface area contributed by atoms with Crippen LogP contribution in [0.1, 0.15) is 106 Å². The summed E-state index contributed by atoms with van der Waals surface area (Å²) < 4.78 is 10.4. The van der Waals surface area contributed by atoms with E-state index >= 15 is 0 Å². The molecular weight excluding hydrogens is 588 g/mol. The Morgan fingerprint density at radius 2 is 1.40 bits per heavy atom. The Hall–Kier alpha value is -3.78. The van der Waals surface area contributed by atoms with E-state index in [2.05, 4.69) is 21.6 Å². The van der Waals surface area contributed by atoms with Gasteiger partial charge < -0.3 is 20.1 Å². The number of nitrogens with two attached hydrogens (primary N) is 1. The second-order valence-corrected chi connectivity index (χ2v) is 11.9. The summed E-state index contributed by atoms with van der Waals surface area (Å²) in [6.45, 7) is 18.6. The lowest BCUT2D eigenvalue weighted by molar-refractivity contribution is -0.138. The molecule has 0 saturated carbocycles. The van der Waals surface area contributed by atoms with Crippen LogP contribution in [0.3, 0.4) is 0 Å². The normalized spacial score (nSPS) is 12.7. The third-order valence-corrected chi connectivity index (χ3v) is 7.16. The van der Waals surface area contributed by atoms with E-state index in [4.69, 9.17) is 10.5 Å². The van der Waals surface area contributed by atoms with Gasteiger partial charge in [-0.1, -0.05) is 96.7 Å². The lowest BCUT2D eigenvalue weighted by Crippen LogP contribution is -2.43. The molecule has 1 atom stereocenters. The van der Waals surface area contributed by atoms with E-state index in [9.17, 15) is 9.59 Å². The molecule has 2 aromatic carbocycles. The molecule has 0 aliphatic carbocycles. The van der Waals surface area contributed by atoms with Gasteiger partial charge >= 0.3 is 0 Å². The van der Waals surface area contributed by atoms with Crippen LogP contribution in [0.5, 0.6) is 5.75 Å². The summed E-state index contributed by atoms with van der Waals surface area (Å²) in [6, 6.07) is 15.6. The number of hydrogen-bond donors (Lipinski definition) is 1. The van der Waals surface area contributed by atoms with Crippen LogP contribution in [-0.2, 0) is 20.7 Å². The average molecular weight is 649 g/mol. The smallest absolute Gasteiger partial charge is 0.293 e. The van der Waals surface area contributed by atoms with Gasteiger partial charge in [-0.25, -0.2) is 9.97 Å². The number of likely N-dealkylation sites (tertiary alicyclic amines) is 1. The van der Waals surface area contributed by atoms with Crippen molar-refractivity contribution in [2.75, 3.05) is 19.7 Å². The predicted molar refractivity (Wildman–Crippen MR) is 194 cm³/mol. The average Bonchev–Trinajstić information content (AvgIpc) is 3.64. The zero-order valence-corrected chi connectivity index (χ0v) is 30.3. The molecule has 1 aromatic heterocycles. The first kappa shape index (κ1) is 41.2. The second-order valence-electron chi connectivity index (χ2n) is 11.9. The van der Waals surface area contributed by atoms with E-state index in [1.807, 2.05) is 114 Å². The van der Waals surface area contributed by atoms with Gasteiger partial charge in [0.1, 0.15) is 11.4 Å². The van der Waals surface area contributed by atoms with Crippen molar-refractivity contribution in [3.63, 3.8) is 0 Å². The molecule has 3 aromatic rings. The molecule has 8 heteroatoms. The Morgan fingerprint density at radius 1 is 0.851 bits per heavy atom. The van der Waals surface area contributed by atoms with Crippen molar-refractivity contribution in [3.05, 3.63) is 66.5 Å². The minimum Gasteiger partial charge on any atom is -0.494 e. The van der Waals surface area contributed by atoms with Gasteiger partial charge in [-0.05, 0) is 69.7 Å². The van der Waals surface area contributed by atoms with Crippen LogP contribution >= 0.6 is 0 Å². The quantitative estimate of drug-likeness (QED) is 0.146. The molecule has 1 saturated heterocycles. The number of aromatic nitrogens is 2. The molecule has 4 rings (SSSR count). The zero-order chi connectivity index (χ0) is 35.1. The van der Waals surface area contributed by atoms with Crippen LogP contribution in [0, 0.1) is 0 Å². The maximum Gasteiger partial charge on any atom is 0.293 e. The molecule has 47 heavy (non-hydrogen) atoms. The molecular formula is C39H60N4O4. The maximum absolute atomic E-state index is 12.5. The van der Waals surface area contributed by atoms with Crippen molar-refractivity contribution in [2.24, 2.45) is 5.73 Å². The standard InChI is InChI=1S/C30H38N4O2.C5H10O2.2C2H6/c1-2-3-4-5-8-19-36-27-15-13-24(14-16-27)26-21-32-29(33-22-26)25-11-9-23(10-12-25)20-28(31)30(35)34-17-6-7-18-34;1-5(2,3)7-4-6;2*1-2/h9-16,21-22,28H,2-8,17-20,31H2,1H3;4H,1-3H3;2*1-2H3. The van der Waals surface area contributed by atoms with Crippen molar-refractivity contribution in [1.82, 2.24) is 14.9 Å². The van der Waals surface area contributed by atoms with E-state index in [-0.39, 0.29) is 11.5 Å². The van der Waals surface area contributed by atoms with Gasteiger partial charge in [0, 0.05) is 36.6 Å². The minimum absolute atomic E-state index is 0.0532.